The molecule has 0 aliphatic heterocycles. The largest absolute Gasteiger partial charge is 0.292 e. The topological polar surface area (TPSA) is 42.9 Å². The summed E-state index contributed by atoms with van der Waals surface area (Å²) in [5, 5.41) is 0.517. The van der Waals surface area contributed by atoms with Crippen molar-refractivity contribution in [1.82, 2.24) is 9.97 Å². The van der Waals surface area contributed by atoms with E-state index in [4.69, 9.17) is 11.6 Å². The molecule has 0 saturated heterocycles. The normalized spacial score (nSPS) is 10.2. The fraction of sp³-hybridized carbons (Fsp3) is 0.0833. The molecule has 0 N–H and O–H groups in total. The first-order chi connectivity index (χ1) is 8.15. The summed E-state index contributed by atoms with van der Waals surface area (Å²) in [4.78, 5) is 20.0. The minimum absolute atomic E-state index is 0.0727. The predicted octanol–water partition coefficient (Wildman–Crippen LogP) is 3.32. The predicted molar refractivity (Wildman–Crippen MR) is 69.2 cm³/mol. The van der Waals surface area contributed by atoms with Crippen LogP contribution in [0.1, 0.15) is 16.2 Å². The van der Waals surface area contributed by atoms with E-state index in [1.54, 1.807) is 24.4 Å². The minimum atomic E-state index is -0.0727. The van der Waals surface area contributed by atoms with Crippen molar-refractivity contribution in [1.29, 1.82) is 0 Å². The van der Waals surface area contributed by atoms with Gasteiger partial charge >= 0.3 is 0 Å². The van der Waals surface area contributed by atoms with Gasteiger partial charge in [-0.2, -0.15) is 0 Å². The number of rotatable bonds is 3. The van der Waals surface area contributed by atoms with Crippen LogP contribution < -0.4 is 0 Å². The molecule has 2 aromatic rings. The van der Waals surface area contributed by atoms with Crippen molar-refractivity contribution < 1.29 is 4.79 Å². The van der Waals surface area contributed by atoms with Gasteiger partial charge in [-0.15, -0.1) is 0 Å². The molecule has 0 saturated carbocycles. The molecule has 2 heterocycles. The van der Waals surface area contributed by atoms with Gasteiger partial charge in [-0.1, -0.05) is 11.6 Å². The van der Waals surface area contributed by atoms with Crippen LogP contribution in [0.25, 0.3) is 0 Å². The van der Waals surface area contributed by atoms with Crippen LogP contribution in [0.5, 0.6) is 0 Å². The van der Waals surface area contributed by atoms with Crippen molar-refractivity contribution in [2.45, 2.75) is 6.42 Å². The molecule has 0 fully saturated rings. The Bertz CT molecular complexity index is 525. The highest BCUT2D eigenvalue weighted by Crippen LogP contribution is 2.11. The van der Waals surface area contributed by atoms with Gasteiger partial charge in [-0.25, -0.2) is 0 Å². The van der Waals surface area contributed by atoms with Crippen molar-refractivity contribution in [3.63, 3.8) is 0 Å². The maximum atomic E-state index is 11.9. The second-order valence-electron chi connectivity index (χ2n) is 3.43. The van der Waals surface area contributed by atoms with Gasteiger partial charge in [0.2, 0.25) is 0 Å². The maximum Gasteiger partial charge on any atom is 0.187 e. The van der Waals surface area contributed by atoms with E-state index >= 15 is 0 Å². The number of Topliss-reactive ketones (excluding diaryl/α,β-unsaturated/α-hetero) is 1. The van der Waals surface area contributed by atoms with Gasteiger partial charge in [0.1, 0.15) is 5.69 Å². The minimum Gasteiger partial charge on any atom is -0.292 e. The Morgan fingerprint density at radius 3 is 2.59 bits per heavy atom. The molecule has 3 nitrogen and oxygen atoms in total. The molecule has 0 aliphatic rings. The number of nitrogens with zero attached hydrogens (tertiary/aromatic N) is 2. The van der Waals surface area contributed by atoms with Crippen molar-refractivity contribution in [3.05, 3.63) is 57.5 Å². The van der Waals surface area contributed by atoms with Crippen molar-refractivity contribution in [3.8, 4) is 0 Å². The fourth-order valence-electron chi connectivity index (χ4n) is 1.31. The van der Waals surface area contributed by atoms with Crippen molar-refractivity contribution >= 4 is 33.3 Å². The van der Waals surface area contributed by atoms with Gasteiger partial charge < -0.3 is 0 Å². The van der Waals surface area contributed by atoms with E-state index < -0.39 is 0 Å². The Labute approximate surface area is 112 Å². The molecule has 5 heteroatoms. The second-order valence-corrected chi connectivity index (χ2v) is 4.78. The molecule has 0 radical (unpaired) electrons. The lowest BCUT2D eigenvalue weighted by molar-refractivity contribution is 0.0987. The quantitative estimate of drug-likeness (QED) is 0.817. The van der Waals surface area contributed by atoms with Crippen LogP contribution in [-0.4, -0.2) is 15.8 Å². The van der Waals surface area contributed by atoms with E-state index in [2.05, 4.69) is 25.9 Å². The summed E-state index contributed by atoms with van der Waals surface area (Å²) in [6.45, 7) is 0. The van der Waals surface area contributed by atoms with E-state index in [-0.39, 0.29) is 12.2 Å². The van der Waals surface area contributed by atoms with Crippen molar-refractivity contribution in [2.24, 2.45) is 0 Å². The lowest BCUT2D eigenvalue weighted by Crippen LogP contribution is -2.06. The third-order valence-electron chi connectivity index (χ3n) is 2.14. The van der Waals surface area contributed by atoms with E-state index in [0.717, 1.165) is 10.2 Å². The lowest BCUT2D eigenvalue weighted by atomic mass is 10.1. The van der Waals surface area contributed by atoms with E-state index in [1.165, 1.54) is 6.20 Å². The number of hydrogen-bond acceptors (Lipinski definition) is 3. The highest BCUT2D eigenvalue weighted by Gasteiger charge is 2.09. The van der Waals surface area contributed by atoms with E-state index in [1.807, 2.05) is 6.07 Å². The van der Waals surface area contributed by atoms with Gasteiger partial charge in [0, 0.05) is 22.6 Å². The van der Waals surface area contributed by atoms with Crippen LogP contribution in [0.3, 0.4) is 0 Å². The summed E-state index contributed by atoms with van der Waals surface area (Å²) < 4.78 is 0.887. The Kier molecular flexibility index (Phi) is 3.86. The van der Waals surface area contributed by atoms with Crippen LogP contribution >= 0.6 is 27.5 Å². The number of pyridine rings is 2. The lowest BCUT2D eigenvalue weighted by Gasteiger charge is -2.00. The van der Waals surface area contributed by atoms with Gasteiger partial charge in [0.15, 0.2) is 5.78 Å². The first-order valence-electron chi connectivity index (χ1n) is 4.90. The highest BCUT2D eigenvalue weighted by atomic mass is 79.9. The number of carbonyl (C=O) groups excluding carboxylic acids is 1. The Morgan fingerprint density at radius 2 is 2.00 bits per heavy atom. The van der Waals surface area contributed by atoms with Gasteiger partial charge in [-0.05, 0) is 40.2 Å². The Balaban J connectivity index is 2.11. The van der Waals surface area contributed by atoms with Gasteiger partial charge in [0.05, 0.1) is 11.4 Å². The maximum absolute atomic E-state index is 11.9. The number of carbonyl (C=O) groups is 1. The van der Waals surface area contributed by atoms with Crippen LogP contribution in [0.2, 0.25) is 5.02 Å². The zero-order chi connectivity index (χ0) is 12.3. The van der Waals surface area contributed by atoms with Crippen LogP contribution in [0.15, 0.2) is 41.1 Å². The average Bonchev–Trinajstić information content (AvgIpc) is 2.33. The molecule has 0 unspecified atom stereocenters. The zero-order valence-electron chi connectivity index (χ0n) is 8.73. The molecular weight excluding hydrogens is 304 g/mol. The molecule has 0 spiro atoms. The van der Waals surface area contributed by atoms with Crippen molar-refractivity contribution in [2.75, 3.05) is 0 Å². The van der Waals surface area contributed by atoms with Gasteiger partial charge in [-0.3, -0.25) is 14.8 Å². The smallest absolute Gasteiger partial charge is 0.187 e. The summed E-state index contributed by atoms with van der Waals surface area (Å²) in [5.41, 5.74) is 1.12. The molecule has 2 rings (SSSR count). The molecule has 0 aliphatic carbocycles. The third-order valence-corrected chi connectivity index (χ3v) is 2.84. The van der Waals surface area contributed by atoms with Crippen LogP contribution in [0, 0.1) is 0 Å². The van der Waals surface area contributed by atoms with E-state index in [0.29, 0.717) is 10.7 Å². The number of hydrogen-bond donors (Lipinski definition) is 0. The summed E-state index contributed by atoms with van der Waals surface area (Å²) >= 11 is 8.99. The molecule has 17 heavy (non-hydrogen) atoms. The standard InChI is InChI=1S/C12H8BrClN2O/c13-8-1-3-10(15-6-8)5-12(17)11-4-2-9(14)7-16-11/h1-4,6-7H,5H2. The van der Waals surface area contributed by atoms with Gasteiger partial charge in [0.25, 0.3) is 0 Å². The molecule has 0 atom stereocenters. The molecule has 0 amide bonds. The second kappa shape index (κ2) is 5.38. The monoisotopic (exact) mass is 310 g/mol. The SMILES string of the molecule is O=C(Cc1ccc(Br)cn1)c1ccc(Cl)cn1. The zero-order valence-corrected chi connectivity index (χ0v) is 11.1. The summed E-state index contributed by atoms with van der Waals surface area (Å²) in [6, 6.07) is 6.92. The molecule has 0 bridgehead atoms. The summed E-state index contributed by atoms with van der Waals surface area (Å²) in [5.74, 6) is -0.0727. The number of ketones is 1. The summed E-state index contributed by atoms with van der Waals surface area (Å²) in [7, 11) is 0. The Morgan fingerprint density at radius 1 is 1.18 bits per heavy atom. The average molecular weight is 312 g/mol. The first kappa shape index (κ1) is 12.2. The Hall–Kier alpha value is -1.26. The summed E-state index contributed by atoms with van der Waals surface area (Å²) in [6.07, 6.45) is 3.36. The number of halogens is 2. The van der Waals surface area contributed by atoms with E-state index in [9.17, 15) is 4.79 Å². The molecule has 0 aromatic carbocycles. The molecular formula is C12H8BrClN2O. The first-order valence-corrected chi connectivity index (χ1v) is 6.07. The molecule has 2 aromatic heterocycles. The highest BCUT2D eigenvalue weighted by molar-refractivity contribution is 9.10. The number of aromatic nitrogens is 2. The molecule has 86 valence electrons. The van der Waals surface area contributed by atoms with Crippen LogP contribution in [0.4, 0.5) is 0 Å². The van der Waals surface area contributed by atoms with Crippen LogP contribution in [-0.2, 0) is 6.42 Å². The third kappa shape index (κ3) is 3.35. The fourth-order valence-corrected chi connectivity index (χ4v) is 1.65.